The van der Waals surface area contributed by atoms with Crippen molar-refractivity contribution in [2.75, 3.05) is 14.1 Å². The molecule has 2 nitrogen and oxygen atoms in total. The number of halogens is 1. The average Bonchev–Trinajstić information content (AvgIpc) is 2.39. The van der Waals surface area contributed by atoms with E-state index >= 15 is 0 Å². The van der Waals surface area contributed by atoms with Gasteiger partial charge < -0.3 is 5.32 Å². The van der Waals surface area contributed by atoms with E-state index in [2.05, 4.69) is 41.5 Å². The van der Waals surface area contributed by atoms with Crippen molar-refractivity contribution in [3.05, 3.63) is 71.0 Å². The molecular weight excluding hydrogens is 251 g/mol. The van der Waals surface area contributed by atoms with Crippen LogP contribution < -0.4 is 5.32 Å². The summed E-state index contributed by atoms with van der Waals surface area (Å²) in [6.45, 7) is 2.48. The van der Waals surface area contributed by atoms with Crippen LogP contribution in [0.1, 0.15) is 16.7 Å². The maximum absolute atomic E-state index is 13.2. The van der Waals surface area contributed by atoms with Gasteiger partial charge in [-0.2, -0.15) is 0 Å². The molecule has 2 rings (SSSR count). The summed E-state index contributed by atoms with van der Waals surface area (Å²) in [6, 6.07) is 15.3. The molecule has 0 unspecified atom stereocenters. The Hall–Kier alpha value is -1.71. The average molecular weight is 272 g/mol. The fraction of sp³-hybridized carbons (Fsp3) is 0.294. The lowest BCUT2D eigenvalue weighted by Gasteiger charge is -2.17. The Morgan fingerprint density at radius 2 is 1.55 bits per heavy atom. The second-order valence-corrected chi connectivity index (χ2v) is 5.15. The van der Waals surface area contributed by atoms with E-state index in [9.17, 15) is 4.39 Å². The zero-order chi connectivity index (χ0) is 14.4. The lowest BCUT2D eigenvalue weighted by molar-refractivity contribution is 0.318. The van der Waals surface area contributed by atoms with Gasteiger partial charge in [0, 0.05) is 19.6 Å². The molecule has 1 N–H and O–H groups in total. The molecule has 3 heteroatoms. The molecule has 0 aliphatic rings. The zero-order valence-corrected chi connectivity index (χ0v) is 12.1. The Morgan fingerprint density at radius 1 is 0.950 bits per heavy atom. The SMILES string of the molecule is CNCc1cccc(CN(C)Cc2cccc(F)c2)c1. The minimum Gasteiger partial charge on any atom is -0.316 e. The first-order valence-electron chi connectivity index (χ1n) is 6.83. The van der Waals surface area contributed by atoms with E-state index < -0.39 is 0 Å². The van der Waals surface area contributed by atoms with Crippen molar-refractivity contribution in [3.8, 4) is 0 Å². The highest BCUT2D eigenvalue weighted by Gasteiger charge is 2.03. The van der Waals surface area contributed by atoms with Gasteiger partial charge in [-0.3, -0.25) is 4.90 Å². The van der Waals surface area contributed by atoms with E-state index in [1.807, 2.05) is 13.1 Å². The summed E-state index contributed by atoms with van der Waals surface area (Å²) < 4.78 is 13.2. The van der Waals surface area contributed by atoms with Gasteiger partial charge in [0.15, 0.2) is 0 Å². The van der Waals surface area contributed by atoms with E-state index in [0.29, 0.717) is 0 Å². The van der Waals surface area contributed by atoms with Crippen LogP contribution in [0.2, 0.25) is 0 Å². The van der Waals surface area contributed by atoms with Gasteiger partial charge in [0.25, 0.3) is 0 Å². The summed E-state index contributed by atoms with van der Waals surface area (Å²) in [6.07, 6.45) is 0. The largest absolute Gasteiger partial charge is 0.316 e. The maximum atomic E-state index is 13.2. The zero-order valence-electron chi connectivity index (χ0n) is 12.1. The minimum atomic E-state index is -0.174. The van der Waals surface area contributed by atoms with E-state index in [0.717, 1.165) is 25.2 Å². The molecule has 0 saturated heterocycles. The predicted molar refractivity (Wildman–Crippen MR) is 80.8 cm³/mol. The quantitative estimate of drug-likeness (QED) is 0.869. The third kappa shape index (κ3) is 4.44. The van der Waals surface area contributed by atoms with Crippen molar-refractivity contribution < 1.29 is 4.39 Å². The van der Waals surface area contributed by atoms with Crippen LogP contribution in [0.15, 0.2) is 48.5 Å². The van der Waals surface area contributed by atoms with Gasteiger partial charge >= 0.3 is 0 Å². The van der Waals surface area contributed by atoms with Crippen molar-refractivity contribution in [2.24, 2.45) is 0 Å². The van der Waals surface area contributed by atoms with Gasteiger partial charge in [-0.15, -0.1) is 0 Å². The predicted octanol–water partition coefficient (Wildman–Crippen LogP) is 3.18. The van der Waals surface area contributed by atoms with E-state index in [1.54, 1.807) is 12.1 Å². The first-order chi connectivity index (χ1) is 9.67. The molecule has 0 saturated carbocycles. The normalized spacial score (nSPS) is 11.0. The fourth-order valence-corrected chi connectivity index (χ4v) is 2.36. The Morgan fingerprint density at radius 3 is 2.20 bits per heavy atom. The van der Waals surface area contributed by atoms with Gasteiger partial charge in [-0.25, -0.2) is 4.39 Å². The fourth-order valence-electron chi connectivity index (χ4n) is 2.36. The molecule has 0 aromatic heterocycles. The number of nitrogens with one attached hydrogen (secondary N) is 1. The summed E-state index contributed by atoms with van der Waals surface area (Å²) in [7, 11) is 4.00. The highest BCUT2D eigenvalue weighted by molar-refractivity contribution is 5.23. The van der Waals surface area contributed by atoms with Crippen molar-refractivity contribution in [2.45, 2.75) is 19.6 Å². The minimum absolute atomic E-state index is 0.174. The number of hydrogen-bond donors (Lipinski definition) is 1. The molecule has 2 aromatic rings. The molecule has 0 heterocycles. The van der Waals surface area contributed by atoms with E-state index in [1.165, 1.54) is 17.2 Å². The molecule has 0 fully saturated rings. The molecule has 0 radical (unpaired) electrons. The number of hydrogen-bond acceptors (Lipinski definition) is 2. The van der Waals surface area contributed by atoms with Crippen LogP contribution in [-0.4, -0.2) is 19.0 Å². The van der Waals surface area contributed by atoms with Gasteiger partial charge in [0.2, 0.25) is 0 Å². The third-order valence-corrected chi connectivity index (χ3v) is 3.17. The number of rotatable bonds is 6. The Bertz CT molecular complexity index is 554. The third-order valence-electron chi connectivity index (χ3n) is 3.17. The summed E-state index contributed by atoms with van der Waals surface area (Å²) in [5.74, 6) is -0.174. The molecule has 0 aliphatic carbocycles. The molecule has 0 amide bonds. The summed E-state index contributed by atoms with van der Waals surface area (Å²) in [5, 5.41) is 3.16. The molecular formula is C17H21FN2. The summed E-state index contributed by atoms with van der Waals surface area (Å²) >= 11 is 0. The van der Waals surface area contributed by atoms with Crippen LogP contribution in [0.3, 0.4) is 0 Å². The number of benzene rings is 2. The highest BCUT2D eigenvalue weighted by atomic mass is 19.1. The smallest absolute Gasteiger partial charge is 0.123 e. The van der Waals surface area contributed by atoms with Crippen molar-refractivity contribution in [1.29, 1.82) is 0 Å². The lowest BCUT2D eigenvalue weighted by Crippen LogP contribution is -2.17. The van der Waals surface area contributed by atoms with Crippen LogP contribution in [0.25, 0.3) is 0 Å². The van der Waals surface area contributed by atoms with E-state index in [-0.39, 0.29) is 5.82 Å². The second-order valence-electron chi connectivity index (χ2n) is 5.15. The highest BCUT2D eigenvalue weighted by Crippen LogP contribution is 2.11. The molecule has 0 aliphatic heterocycles. The first-order valence-corrected chi connectivity index (χ1v) is 6.83. The Kier molecular flexibility index (Phi) is 5.27. The molecule has 0 spiro atoms. The maximum Gasteiger partial charge on any atom is 0.123 e. The van der Waals surface area contributed by atoms with Crippen LogP contribution in [0, 0.1) is 5.82 Å². The lowest BCUT2D eigenvalue weighted by atomic mass is 10.1. The molecule has 2 aromatic carbocycles. The van der Waals surface area contributed by atoms with Crippen LogP contribution in [-0.2, 0) is 19.6 Å². The van der Waals surface area contributed by atoms with Crippen molar-refractivity contribution in [1.82, 2.24) is 10.2 Å². The van der Waals surface area contributed by atoms with Crippen molar-refractivity contribution >= 4 is 0 Å². The van der Waals surface area contributed by atoms with Crippen LogP contribution >= 0.6 is 0 Å². The van der Waals surface area contributed by atoms with Crippen molar-refractivity contribution in [3.63, 3.8) is 0 Å². The number of nitrogens with zero attached hydrogens (tertiary/aromatic N) is 1. The topological polar surface area (TPSA) is 15.3 Å². The first kappa shape index (κ1) is 14.7. The second kappa shape index (κ2) is 7.17. The molecule has 20 heavy (non-hydrogen) atoms. The van der Waals surface area contributed by atoms with Gasteiger partial charge in [0.1, 0.15) is 5.82 Å². The summed E-state index contributed by atoms with van der Waals surface area (Å²) in [5.41, 5.74) is 3.56. The van der Waals surface area contributed by atoms with Gasteiger partial charge in [-0.05, 0) is 42.9 Å². The van der Waals surface area contributed by atoms with Crippen LogP contribution in [0.4, 0.5) is 4.39 Å². The molecule has 106 valence electrons. The monoisotopic (exact) mass is 272 g/mol. The van der Waals surface area contributed by atoms with Gasteiger partial charge in [0.05, 0.1) is 0 Å². The van der Waals surface area contributed by atoms with Gasteiger partial charge in [-0.1, -0.05) is 36.4 Å². The van der Waals surface area contributed by atoms with E-state index in [4.69, 9.17) is 0 Å². The summed E-state index contributed by atoms with van der Waals surface area (Å²) in [4.78, 5) is 2.19. The Balaban J connectivity index is 1.97. The van der Waals surface area contributed by atoms with Crippen LogP contribution in [0.5, 0.6) is 0 Å². The standard InChI is InChI=1S/C17H21FN2/c1-19-11-14-5-3-6-15(9-14)12-20(2)13-16-7-4-8-17(18)10-16/h3-10,19H,11-13H2,1-2H3. The molecule has 0 bridgehead atoms. The molecule has 0 atom stereocenters. The Labute approximate surface area is 120 Å².